The first-order valence-electron chi connectivity index (χ1n) is 4.13. The van der Waals surface area contributed by atoms with E-state index in [1.807, 2.05) is 0 Å². The molecule has 2 atom stereocenters. The van der Waals surface area contributed by atoms with E-state index in [0.717, 1.165) is 0 Å². The summed E-state index contributed by atoms with van der Waals surface area (Å²) in [6.45, 7) is 1.63. The molecular formula is C8H16N2O4. The van der Waals surface area contributed by atoms with Crippen LogP contribution in [0.25, 0.3) is 0 Å². The predicted molar refractivity (Wildman–Crippen MR) is 50.1 cm³/mol. The number of carboxylic acid groups (broad SMARTS) is 1. The first kappa shape index (κ1) is 12.7. The zero-order valence-electron chi connectivity index (χ0n) is 8.77. The highest BCUT2D eigenvalue weighted by atomic mass is 16.5. The van der Waals surface area contributed by atoms with Crippen molar-refractivity contribution in [2.75, 3.05) is 21.2 Å². The maximum Gasteiger partial charge on any atom is 0.405 e. The van der Waals surface area contributed by atoms with Gasteiger partial charge in [0, 0.05) is 21.2 Å². The zero-order chi connectivity index (χ0) is 11.3. The minimum absolute atomic E-state index is 0.332. The van der Waals surface area contributed by atoms with Gasteiger partial charge in [-0.25, -0.2) is 4.79 Å². The lowest BCUT2D eigenvalue weighted by Crippen LogP contribution is -2.52. The summed E-state index contributed by atoms with van der Waals surface area (Å²) in [5, 5.41) is 10.6. The summed E-state index contributed by atoms with van der Waals surface area (Å²) >= 11 is 0. The lowest BCUT2D eigenvalue weighted by Gasteiger charge is -2.24. The van der Waals surface area contributed by atoms with Crippen LogP contribution in [0.15, 0.2) is 0 Å². The van der Waals surface area contributed by atoms with Crippen LogP contribution in [0.5, 0.6) is 0 Å². The van der Waals surface area contributed by atoms with Crippen molar-refractivity contribution in [1.82, 2.24) is 10.2 Å². The lowest BCUT2D eigenvalue weighted by molar-refractivity contribution is -0.133. The number of methoxy groups -OCH3 is 1. The van der Waals surface area contributed by atoms with Crippen LogP contribution in [0.3, 0.4) is 0 Å². The number of nitrogens with zero attached hydrogens (tertiary/aromatic N) is 1. The maximum absolute atomic E-state index is 11.5. The highest BCUT2D eigenvalue weighted by molar-refractivity contribution is 5.85. The SMILES string of the molecule is CO[C@H](C)[C@@H](NC(=O)O)C(=O)N(C)C. The van der Waals surface area contributed by atoms with Gasteiger partial charge in [0.05, 0.1) is 6.10 Å². The van der Waals surface area contributed by atoms with Gasteiger partial charge in [-0.1, -0.05) is 0 Å². The Bertz CT molecular complexity index is 217. The molecule has 0 aromatic carbocycles. The average Bonchev–Trinajstić information content (AvgIpc) is 2.11. The molecule has 0 heterocycles. The van der Waals surface area contributed by atoms with Crippen molar-refractivity contribution < 1.29 is 19.4 Å². The third kappa shape index (κ3) is 3.61. The van der Waals surface area contributed by atoms with E-state index in [4.69, 9.17) is 9.84 Å². The predicted octanol–water partition coefficient (Wildman–Crippen LogP) is -0.254. The van der Waals surface area contributed by atoms with Crippen LogP contribution in [0.4, 0.5) is 4.79 Å². The molecular weight excluding hydrogens is 188 g/mol. The normalized spacial score (nSPS) is 14.3. The Kier molecular flexibility index (Phi) is 4.93. The van der Waals surface area contributed by atoms with Crippen molar-refractivity contribution in [1.29, 1.82) is 0 Å². The van der Waals surface area contributed by atoms with Crippen LogP contribution in [-0.4, -0.2) is 55.4 Å². The molecule has 0 bridgehead atoms. The molecule has 0 aliphatic heterocycles. The molecule has 6 heteroatoms. The van der Waals surface area contributed by atoms with Crippen molar-refractivity contribution in [2.24, 2.45) is 0 Å². The molecule has 2 amide bonds. The number of carbonyl (C=O) groups is 2. The Hall–Kier alpha value is -1.30. The molecule has 0 fully saturated rings. The minimum atomic E-state index is -1.24. The van der Waals surface area contributed by atoms with E-state index in [2.05, 4.69) is 5.32 Å². The van der Waals surface area contributed by atoms with E-state index < -0.39 is 18.2 Å². The van der Waals surface area contributed by atoms with Gasteiger partial charge >= 0.3 is 6.09 Å². The van der Waals surface area contributed by atoms with Crippen LogP contribution in [-0.2, 0) is 9.53 Å². The highest BCUT2D eigenvalue weighted by Crippen LogP contribution is 2.00. The fourth-order valence-electron chi connectivity index (χ4n) is 0.927. The van der Waals surface area contributed by atoms with Crippen molar-refractivity contribution in [2.45, 2.75) is 19.1 Å². The molecule has 0 aromatic heterocycles. The molecule has 0 saturated carbocycles. The van der Waals surface area contributed by atoms with Gasteiger partial charge in [-0.3, -0.25) is 4.79 Å². The fourth-order valence-corrected chi connectivity index (χ4v) is 0.927. The van der Waals surface area contributed by atoms with Crippen LogP contribution in [0.1, 0.15) is 6.92 Å². The summed E-state index contributed by atoms with van der Waals surface area (Å²) in [5.41, 5.74) is 0. The molecule has 0 aliphatic carbocycles. The highest BCUT2D eigenvalue weighted by Gasteiger charge is 2.27. The Morgan fingerprint density at radius 1 is 1.43 bits per heavy atom. The summed E-state index contributed by atoms with van der Waals surface area (Å²) < 4.78 is 4.91. The number of likely N-dealkylation sites (N-methyl/N-ethyl adjacent to an activating group) is 1. The molecule has 6 nitrogen and oxygen atoms in total. The summed E-state index contributed by atoms with van der Waals surface area (Å²) in [7, 11) is 4.53. The molecule has 0 radical (unpaired) electrons. The van der Waals surface area contributed by atoms with Gasteiger partial charge in [-0.2, -0.15) is 0 Å². The number of amides is 2. The summed E-state index contributed by atoms with van der Waals surface area (Å²) in [4.78, 5) is 23.2. The second kappa shape index (κ2) is 5.43. The standard InChI is InChI=1S/C8H16N2O4/c1-5(14-4)6(9-8(12)13)7(11)10(2)3/h5-6,9H,1-4H3,(H,12,13)/t5-,6-/m1/s1. The van der Waals surface area contributed by atoms with Crippen molar-refractivity contribution in [3.05, 3.63) is 0 Å². The molecule has 0 saturated heterocycles. The largest absolute Gasteiger partial charge is 0.465 e. The lowest BCUT2D eigenvalue weighted by atomic mass is 10.1. The third-order valence-corrected chi connectivity index (χ3v) is 1.83. The number of hydrogen-bond donors (Lipinski definition) is 2. The summed E-state index contributed by atoms with van der Waals surface area (Å²) in [6, 6.07) is -0.868. The Morgan fingerprint density at radius 3 is 2.21 bits per heavy atom. The Morgan fingerprint density at radius 2 is 1.93 bits per heavy atom. The zero-order valence-corrected chi connectivity index (χ0v) is 8.77. The minimum Gasteiger partial charge on any atom is -0.465 e. The maximum atomic E-state index is 11.5. The molecule has 14 heavy (non-hydrogen) atoms. The molecule has 82 valence electrons. The van der Waals surface area contributed by atoms with Gasteiger partial charge in [-0.05, 0) is 6.92 Å². The van der Waals surface area contributed by atoms with Gasteiger partial charge in [-0.15, -0.1) is 0 Å². The van der Waals surface area contributed by atoms with Crippen molar-refractivity contribution in [3.63, 3.8) is 0 Å². The second-order valence-corrected chi connectivity index (χ2v) is 3.10. The van der Waals surface area contributed by atoms with E-state index in [1.165, 1.54) is 12.0 Å². The van der Waals surface area contributed by atoms with Crippen LogP contribution < -0.4 is 5.32 Å². The van der Waals surface area contributed by atoms with E-state index in [9.17, 15) is 9.59 Å². The Labute approximate surface area is 82.8 Å². The number of nitrogens with one attached hydrogen (secondary N) is 1. The molecule has 0 spiro atoms. The fraction of sp³-hybridized carbons (Fsp3) is 0.750. The van der Waals surface area contributed by atoms with Crippen LogP contribution in [0, 0.1) is 0 Å². The number of rotatable bonds is 4. The molecule has 0 aromatic rings. The monoisotopic (exact) mass is 204 g/mol. The van der Waals surface area contributed by atoms with Crippen molar-refractivity contribution in [3.8, 4) is 0 Å². The molecule has 0 rings (SSSR count). The summed E-state index contributed by atoms with van der Waals surface area (Å²) in [6.07, 6.45) is -1.74. The number of hydrogen-bond acceptors (Lipinski definition) is 3. The van der Waals surface area contributed by atoms with Crippen LogP contribution >= 0.6 is 0 Å². The third-order valence-electron chi connectivity index (χ3n) is 1.83. The molecule has 0 unspecified atom stereocenters. The first-order chi connectivity index (χ1) is 6.40. The summed E-state index contributed by atoms with van der Waals surface area (Å²) in [5.74, 6) is -0.332. The second-order valence-electron chi connectivity index (χ2n) is 3.10. The average molecular weight is 204 g/mol. The van der Waals surface area contributed by atoms with Gasteiger partial charge in [0.15, 0.2) is 0 Å². The van der Waals surface area contributed by atoms with Gasteiger partial charge in [0.25, 0.3) is 0 Å². The van der Waals surface area contributed by atoms with E-state index >= 15 is 0 Å². The topological polar surface area (TPSA) is 78.9 Å². The Balaban J connectivity index is 4.54. The van der Waals surface area contributed by atoms with E-state index in [-0.39, 0.29) is 5.91 Å². The van der Waals surface area contributed by atoms with Crippen molar-refractivity contribution >= 4 is 12.0 Å². The number of ether oxygens (including phenoxy) is 1. The first-order valence-corrected chi connectivity index (χ1v) is 4.13. The van der Waals surface area contributed by atoms with E-state index in [1.54, 1.807) is 21.0 Å². The van der Waals surface area contributed by atoms with Gasteiger partial charge in [0.1, 0.15) is 6.04 Å². The molecule has 0 aliphatic rings. The van der Waals surface area contributed by atoms with E-state index in [0.29, 0.717) is 0 Å². The quantitative estimate of drug-likeness (QED) is 0.661. The van der Waals surface area contributed by atoms with Gasteiger partial charge < -0.3 is 20.1 Å². The smallest absolute Gasteiger partial charge is 0.405 e. The van der Waals surface area contributed by atoms with Crippen LogP contribution in [0.2, 0.25) is 0 Å². The number of carbonyl (C=O) groups excluding carboxylic acids is 1. The van der Waals surface area contributed by atoms with Gasteiger partial charge in [0.2, 0.25) is 5.91 Å². The molecule has 2 N–H and O–H groups in total.